The fraction of sp³-hybridized carbons (Fsp3) is 0.182. The second-order valence-electron chi connectivity index (χ2n) is 3.45. The van der Waals surface area contributed by atoms with Crippen LogP contribution in [-0.4, -0.2) is 25.7 Å². The van der Waals surface area contributed by atoms with E-state index in [1.54, 1.807) is 11.0 Å². The first-order valence-electron chi connectivity index (χ1n) is 4.90. The minimum absolute atomic E-state index is 0.404. The highest BCUT2D eigenvalue weighted by atomic mass is 16.4. The minimum atomic E-state index is 0.404. The number of aryl methyl sites for hydroxylation is 1. The van der Waals surface area contributed by atoms with Crippen molar-refractivity contribution in [2.24, 2.45) is 5.16 Å². The molecule has 1 aromatic heterocycles. The van der Waals surface area contributed by atoms with Gasteiger partial charge >= 0.3 is 0 Å². The van der Waals surface area contributed by atoms with Crippen molar-refractivity contribution in [1.29, 1.82) is 0 Å². The van der Waals surface area contributed by atoms with Gasteiger partial charge in [0.2, 0.25) is 0 Å². The summed E-state index contributed by atoms with van der Waals surface area (Å²) in [7, 11) is 0. The van der Waals surface area contributed by atoms with E-state index >= 15 is 0 Å². The maximum atomic E-state index is 9.03. The van der Waals surface area contributed by atoms with Crippen LogP contribution in [0.25, 0.3) is 0 Å². The highest BCUT2D eigenvalue weighted by Gasteiger charge is 2.08. The van der Waals surface area contributed by atoms with E-state index in [2.05, 4.69) is 15.2 Å². The van der Waals surface area contributed by atoms with Gasteiger partial charge < -0.3 is 5.21 Å². The molecule has 0 fully saturated rings. The van der Waals surface area contributed by atoms with E-state index < -0.39 is 0 Å². The third kappa shape index (κ3) is 2.08. The number of oxime groups is 1. The SMILES string of the molecule is Cc1ccccc1/C(Cn1cncn1)=N/O. The molecule has 1 aromatic carbocycles. The molecule has 0 aliphatic heterocycles. The van der Waals surface area contributed by atoms with Crippen LogP contribution >= 0.6 is 0 Å². The molecule has 0 saturated heterocycles. The number of nitrogens with zero attached hydrogens (tertiary/aromatic N) is 4. The molecule has 0 aliphatic carbocycles. The van der Waals surface area contributed by atoms with Crippen molar-refractivity contribution in [3.63, 3.8) is 0 Å². The molecule has 2 rings (SSSR count). The molecular weight excluding hydrogens is 204 g/mol. The molecule has 0 spiro atoms. The monoisotopic (exact) mass is 216 g/mol. The summed E-state index contributed by atoms with van der Waals surface area (Å²) in [4.78, 5) is 3.84. The third-order valence-corrected chi connectivity index (χ3v) is 2.36. The largest absolute Gasteiger partial charge is 0.411 e. The Labute approximate surface area is 93.1 Å². The van der Waals surface area contributed by atoms with Gasteiger partial charge in [0, 0.05) is 5.56 Å². The highest BCUT2D eigenvalue weighted by Crippen LogP contribution is 2.09. The Bertz CT molecular complexity index is 490. The predicted octanol–water partition coefficient (Wildman–Crippen LogP) is 1.47. The summed E-state index contributed by atoms with van der Waals surface area (Å²) in [6.07, 6.45) is 3.04. The molecule has 5 nitrogen and oxygen atoms in total. The van der Waals surface area contributed by atoms with E-state index in [9.17, 15) is 0 Å². The maximum Gasteiger partial charge on any atom is 0.137 e. The van der Waals surface area contributed by atoms with Gasteiger partial charge in [0.15, 0.2) is 0 Å². The van der Waals surface area contributed by atoms with Gasteiger partial charge in [-0.25, -0.2) is 9.67 Å². The molecule has 0 aliphatic rings. The summed E-state index contributed by atoms with van der Waals surface area (Å²) in [6, 6.07) is 7.75. The van der Waals surface area contributed by atoms with Crippen molar-refractivity contribution in [3.8, 4) is 0 Å². The van der Waals surface area contributed by atoms with Crippen LogP contribution in [-0.2, 0) is 6.54 Å². The molecule has 82 valence electrons. The molecule has 16 heavy (non-hydrogen) atoms. The van der Waals surface area contributed by atoms with Gasteiger partial charge in [0.25, 0.3) is 0 Å². The number of aromatic nitrogens is 3. The Kier molecular flexibility index (Phi) is 2.95. The van der Waals surface area contributed by atoms with Gasteiger partial charge in [-0.2, -0.15) is 5.10 Å². The average Bonchev–Trinajstić information content (AvgIpc) is 2.80. The minimum Gasteiger partial charge on any atom is -0.411 e. The zero-order valence-electron chi connectivity index (χ0n) is 8.91. The fourth-order valence-electron chi connectivity index (χ4n) is 1.54. The first kappa shape index (κ1) is 10.4. The van der Waals surface area contributed by atoms with Crippen molar-refractivity contribution < 1.29 is 5.21 Å². The second-order valence-corrected chi connectivity index (χ2v) is 3.45. The van der Waals surface area contributed by atoms with E-state index in [1.807, 2.05) is 31.2 Å². The Balaban J connectivity index is 2.28. The Morgan fingerprint density at radius 1 is 1.44 bits per heavy atom. The van der Waals surface area contributed by atoms with E-state index in [1.165, 1.54) is 6.33 Å². The van der Waals surface area contributed by atoms with Crippen molar-refractivity contribution in [2.75, 3.05) is 0 Å². The summed E-state index contributed by atoms with van der Waals surface area (Å²) < 4.78 is 1.61. The Morgan fingerprint density at radius 2 is 2.25 bits per heavy atom. The normalized spacial score (nSPS) is 11.7. The van der Waals surface area contributed by atoms with Crippen molar-refractivity contribution >= 4 is 5.71 Å². The van der Waals surface area contributed by atoms with Crippen LogP contribution in [0.3, 0.4) is 0 Å². The molecule has 0 bridgehead atoms. The average molecular weight is 216 g/mol. The smallest absolute Gasteiger partial charge is 0.137 e. The maximum absolute atomic E-state index is 9.03. The van der Waals surface area contributed by atoms with Crippen LogP contribution in [0.5, 0.6) is 0 Å². The van der Waals surface area contributed by atoms with E-state index in [0.29, 0.717) is 12.3 Å². The zero-order valence-corrected chi connectivity index (χ0v) is 8.91. The molecular formula is C11H12N4O. The molecule has 2 aromatic rings. The van der Waals surface area contributed by atoms with Crippen LogP contribution < -0.4 is 0 Å². The van der Waals surface area contributed by atoms with Crippen LogP contribution in [0.4, 0.5) is 0 Å². The fourth-order valence-corrected chi connectivity index (χ4v) is 1.54. The number of rotatable bonds is 3. The third-order valence-electron chi connectivity index (χ3n) is 2.36. The van der Waals surface area contributed by atoms with Gasteiger partial charge in [0.05, 0.1) is 6.54 Å². The molecule has 0 saturated carbocycles. The first-order chi connectivity index (χ1) is 7.81. The molecule has 0 unspecified atom stereocenters. The molecule has 0 radical (unpaired) electrons. The highest BCUT2D eigenvalue weighted by molar-refractivity contribution is 6.01. The lowest BCUT2D eigenvalue weighted by molar-refractivity contribution is 0.317. The van der Waals surface area contributed by atoms with Crippen molar-refractivity contribution in [3.05, 3.63) is 48.0 Å². The first-order valence-corrected chi connectivity index (χ1v) is 4.90. The Hall–Kier alpha value is -2.17. The quantitative estimate of drug-likeness (QED) is 0.480. The zero-order chi connectivity index (χ0) is 11.4. The van der Waals surface area contributed by atoms with E-state index in [4.69, 9.17) is 5.21 Å². The van der Waals surface area contributed by atoms with Crippen LogP contribution in [0.15, 0.2) is 42.1 Å². The number of hydrogen-bond donors (Lipinski definition) is 1. The van der Waals surface area contributed by atoms with Crippen LogP contribution in [0, 0.1) is 6.92 Å². The van der Waals surface area contributed by atoms with Crippen molar-refractivity contribution in [1.82, 2.24) is 14.8 Å². The van der Waals surface area contributed by atoms with Gasteiger partial charge in [-0.05, 0) is 12.5 Å². The lowest BCUT2D eigenvalue weighted by Crippen LogP contribution is -2.13. The summed E-state index contributed by atoms with van der Waals surface area (Å²) in [6.45, 7) is 2.38. The summed E-state index contributed by atoms with van der Waals surface area (Å²) >= 11 is 0. The van der Waals surface area contributed by atoms with E-state index in [0.717, 1.165) is 11.1 Å². The number of benzene rings is 1. The predicted molar refractivity (Wildman–Crippen MR) is 59.5 cm³/mol. The van der Waals surface area contributed by atoms with Crippen LogP contribution in [0.2, 0.25) is 0 Å². The Morgan fingerprint density at radius 3 is 2.88 bits per heavy atom. The molecule has 0 atom stereocenters. The summed E-state index contributed by atoms with van der Waals surface area (Å²) in [5.41, 5.74) is 2.56. The summed E-state index contributed by atoms with van der Waals surface area (Å²) in [5, 5.41) is 16.3. The molecule has 5 heteroatoms. The lowest BCUT2D eigenvalue weighted by Gasteiger charge is -2.07. The number of hydrogen-bond acceptors (Lipinski definition) is 4. The van der Waals surface area contributed by atoms with Crippen molar-refractivity contribution in [2.45, 2.75) is 13.5 Å². The molecule has 1 N–H and O–H groups in total. The van der Waals surface area contributed by atoms with Crippen LogP contribution in [0.1, 0.15) is 11.1 Å². The topological polar surface area (TPSA) is 63.3 Å². The van der Waals surface area contributed by atoms with Gasteiger partial charge in [-0.3, -0.25) is 0 Å². The lowest BCUT2D eigenvalue weighted by atomic mass is 10.0. The summed E-state index contributed by atoms with van der Waals surface area (Å²) in [5.74, 6) is 0. The van der Waals surface area contributed by atoms with E-state index in [-0.39, 0.29) is 0 Å². The molecule has 0 amide bonds. The molecule has 1 heterocycles. The standard InChI is InChI=1S/C11H12N4O/c1-9-4-2-3-5-10(9)11(14-16)6-15-8-12-7-13-15/h2-5,7-8,16H,6H2,1H3/b14-11+. The van der Waals surface area contributed by atoms with Gasteiger partial charge in [0.1, 0.15) is 18.4 Å². The second kappa shape index (κ2) is 4.57. The van der Waals surface area contributed by atoms with Gasteiger partial charge in [-0.15, -0.1) is 0 Å². The van der Waals surface area contributed by atoms with Gasteiger partial charge in [-0.1, -0.05) is 29.4 Å².